The average molecular weight is 1830 g/mol. The average Bonchev–Trinajstić information content (AvgIpc) is 0.787. The number of nitrogens with zero attached hydrogens (tertiary/aromatic N) is 21. The zero-order valence-electron chi connectivity index (χ0n) is 75.6. The van der Waals surface area contributed by atoms with Gasteiger partial charge in [0.25, 0.3) is 22.2 Å². The van der Waals surface area contributed by atoms with Crippen molar-refractivity contribution in [3.05, 3.63) is 361 Å². The highest BCUT2D eigenvalue weighted by atomic mass is 16.3. The molecule has 8 N–H and O–H groups in total. The molecule has 4 aromatic carbocycles. The lowest BCUT2D eigenvalue weighted by Crippen LogP contribution is -2.37. The number of anilines is 2. The highest BCUT2D eigenvalue weighted by Crippen LogP contribution is 2.35. The van der Waals surface area contributed by atoms with Crippen LogP contribution in [-0.4, -0.2) is 103 Å². The van der Waals surface area contributed by atoms with Gasteiger partial charge in [0.15, 0.2) is 0 Å². The molecule has 0 unspecified atom stereocenters. The number of rotatable bonds is 13. The summed E-state index contributed by atoms with van der Waals surface area (Å²) in [5.41, 5.74) is 21.7. The molecule has 20 rings (SSSR count). The number of nitrogens with one attached hydrogen (secondary N) is 3. The minimum atomic E-state index is -0.691. The summed E-state index contributed by atoms with van der Waals surface area (Å²) >= 11 is 0. The number of nitrogens with two attached hydrogens (primary N) is 2. The van der Waals surface area contributed by atoms with E-state index in [-0.39, 0.29) is 28.2 Å². The molecule has 16 heterocycles. The van der Waals surface area contributed by atoms with Gasteiger partial charge in [-0.05, 0) is 230 Å². The van der Waals surface area contributed by atoms with E-state index in [1.54, 1.807) is 170 Å². The quantitative estimate of drug-likeness (QED) is 0.0584. The van der Waals surface area contributed by atoms with Crippen LogP contribution < -0.4 is 56.5 Å². The van der Waals surface area contributed by atoms with Gasteiger partial charge in [0.1, 0.15) is 33.7 Å². The predicted octanol–water partition coefficient (Wildman–Crippen LogP) is 12.9. The van der Waals surface area contributed by atoms with E-state index in [0.29, 0.717) is 135 Å². The molecular formula is C103H80N26O9. The van der Waals surface area contributed by atoms with E-state index in [0.717, 1.165) is 49.2 Å². The van der Waals surface area contributed by atoms with E-state index < -0.39 is 66.7 Å². The second-order valence-electron chi connectivity index (χ2n) is 34.6. The lowest BCUT2D eigenvalue weighted by atomic mass is 9.86. The van der Waals surface area contributed by atoms with Crippen molar-refractivity contribution in [3.63, 3.8) is 0 Å². The van der Waals surface area contributed by atoms with Crippen LogP contribution in [0.1, 0.15) is 89.0 Å². The molecule has 0 fully saturated rings. The Morgan fingerprint density at radius 3 is 0.870 bits per heavy atom. The van der Waals surface area contributed by atoms with Crippen LogP contribution >= 0.6 is 0 Å². The lowest BCUT2D eigenvalue weighted by molar-refractivity contribution is 0.277. The third-order valence-corrected chi connectivity index (χ3v) is 23.8. The molecule has 0 bridgehead atoms. The predicted molar refractivity (Wildman–Crippen MR) is 525 cm³/mol. The molecule has 138 heavy (non-hydrogen) atoms. The normalized spacial score (nSPS) is 11.6. The Kier molecular flexibility index (Phi) is 23.7. The van der Waals surface area contributed by atoms with Crippen LogP contribution in [0.2, 0.25) is 0 Å². The second-order valence-corrected chi connectivity index (χ2v) is 34.6. The first-order valence-electron chi connectivity index (χ1n) is 42.9. The van der Waals surface area contributed by atoms with Gasteiger partial charge >= 0.3 is 22.8 Å². The van der Waals surface area contributed by atoms with Gasteiger partial charge in [0, 0.05) is 84.6 Å². The van der Waals surface area contributed by atoms with Gasteiger partial charge in [-0.25, -0.2) is 49.1 Å². The summed E-state index contributed by atoms with van der Waals surface area (Å²) < 4.78 is 6.74. The maximum absolute atomic E-state index is 13.4. The largest absolute Gasteiger partial charge is 0.390 e. The van der Waals surface area contributed by atoms with Crippen LogP contribution in [0, 0.1) is 52.2 Å². The maximum atomic E-state index is 13.4. The number of hydrogen-bond acceptors (Lipinski definition) is 27. The van der Waals surface area contributed by atoms with Gasteiger partial charge in [0.05, 0.1) is 169 Å². The third-order valence-electron chi connectivity index (χ3n) is 23.8. The Morgan fingerprint density at radius 2 is 0.601 bits per heavy atom. The molecule has 35 heteroatoms. The first-order chi connectivity index (χ1) is 66.1. The maximum Gasteiger partial charge on any atom is 0.335 e. The van der Waals surface area contributed by atoms with Crippen molar-refractivity contribution < 1.29 is 5.11 Å². The summed E-state index contributed by atoms with van der Waals surface area (Å²) in [6.45, 7) is 16.3. The molecule has 676 valence electrons. The van der Waals surface area contributed by atoms with Gasteiger partial charge in [-0.2, -0.15) is 21.0 Å². The fraction of sp³-hybridized carbons (Fsp3) is 0.146. The number of aliphatic hydroxyl groups is 1. The highest BCUT2D eigenvalue weighted by Gasteiger charge is 2.28. The Balaban J connectivity index is 0.000000127. The molecule has 16 aromatic heterocycles. The molecule has 0 radical (unpaired) electrons. The summed E-state index contributed by atoms with van der Waals surface area (Å²) in [4.78, 5) is 164. The number of aliphatic hydroxyl groups excluding tert-OH is 1. The first kappa shape index (κ1) is 90.9. The van der Waals surface area contributed by atoms with Crippen LogP contribution in [0.3, 0.4) is 0 Å². The number of nitriles is 4. The van der Waals surface area contributed by atoms with Crippen molar-refractivity contribution in [2.24, 2.45) is 7.05 Å². The number of aromatic amines is 3. The molecule has 0 aliphatic heterocycles. The van der Waals surface area contributed by atoms with Gasteiger partial charge in [-0.15, -0.1) is 0 Å². The summed E-state index contributed by atoms with van der Waals surface area (Å²) in [6.07, 6.45) is 12.3. The smallest absolute Gasteiger partial charge is 0.335 e. The molecule has 0 saturated heterocycles. The minimum absolute atomic E-state index is 0.167. The Hall–Kier alpha value is -19.0. The molecule has 20 aromatic rings. The van der Waals surface area contributed by atoms with Crippen LogP contribution in [-0.2, 0) is 35.3 Å². The zero-order valence-corrected chi connectivity index (χ0v) is 75.6. The molecule has 0 amide bonds. The third kappa shape index (κ3) is 17.1. The van der Waals surface area contributed by atoms with Crippen molar-refractivity contribution in [2.45, 2.75) is 90.6 Å². The highest BCUT2D eigenvalue weighted by molar-refractivity contribution is 6.05. The van der Waals surface area contributed by atoms with E-state index in [2.05, 4.69) is 79.1 Å². The minimum Gasteiger partial charge on any atom is -0.390 e. The standard InChI is InChI=1S/C26H21N7O2.C26H20N6O3.C26H20N6O2.C25H19N7O2/c1-26(2,14-27)16-5-7-17(8-6-16)33-23-18(24(34)32(3)25(33)35)13-29-20-10-9-19(31-22(20)23)15-4-11-21(28)30-12-15;1-26(2,14-27)16-4-7-18(8-5-16)32-23-19(24(34)31-25(32)35)12-29-21-10-9-20(30-22(21)23)15-3-6-17(13-33)28-11-15;1-15-4-5-16(12-28-15)20-10-11-21-22(30-20)23-19(13-29-21)24(33)31-25(34)32(23)18-8-6-17(7-9-18)26(2,3)14-27;1-25(2,13-26)15-4-6-16(7-5-15)32-22-17(23(33)31-24(32)34)12-28-19-9-8-18(30-21(19)22)14-3-10-20(27)29-11-14/h4-13H,1-3H3,(H2,28,30);3-12,33H,13H2,1-2H3,(H,31,34,35);4-13H,1-3H3,(H,31,33,34);3-12H,1-2H3,(H2,27,29)(H,31,33,34). The van der Waals surface area contributed by atoms with Gasteiger partial charge < -0.3 is 16.6 Å². The van der Waals surface area contributed by atoms with Crippen molar-refractivity contribution >= 4 is 99.4 Å². The number of hydrogen-bond donors (Lipinski definition) is 6. The Labute approximate surface area is 780 Å². The monoisotopic (exact) mass is 1820 g/mol. The van der Waals surface area contributed by atoms with E-state index in [9.17, 15) is 64.5 Å². The van der Waals surface area contributed by atoms with Crippen molar-refractivity contribution in [1.29, 1.82) is 21.0 Å². The number of pyridine rings is 12. The van der Waals surface area contributed by atoms with Crippen LogP contribution in [0.15, 0.2) is 282 Å². The number of aryl methyl sites for hydroxylation is 1. The molecule has 0 atom stereocenters. The second kappa shape index (κ2) is 35.9. The van der Waals surface area contributed by atoms with Crippen LogP contribution in [0.5, 0.6) is 0 Å². The summed E-state index contributed by atoms with van der Waals surface area (Å²) in [5.74, 6) is 0.780. The lowest BCUT2D eigenvalue weighted by Gasteiger charge is -2.18. The number of aromatic nitrogens is 20. The molecule has 0 saturated carbocycles. The topological polar surface area (TPSA) is 531 Å². The molecule has 0 aliphatic carbocycles. The van der Waals surface area contributed by atoms with E-state index >= 15 is 0 Å². The van der Waals surface area contributed by atoms with Crippen LogP contribution in [0.4, 0.5) is 11.6 Å². The Bertz CT molecular complexity index is 8820. The molecule has 35 nitrogen and oxygen atoms in total. The van der Waals surface area contributed by atoms with Crippen molar-refractivity contribution in [2.75, 3.05) is 11.5 Å². The van der Waals surface area contributed by atoms with Crippen LogP contribution in [0.25, 0.3) is 156 Å². The molecular weight excluding hydrogens is 1750 g/mol. The van der Waals surface area contributed by atoms with Crippen molar-refractivity contribution in [1.82, 2.24) is 97.6 Å². The first-order valence-corrected chi connectivity index (χ1v) is 42.9. The number of H-pyrrole nitrogens is 3. The van der Waals surface area contributed by atoms with E-state index in [1.807, 2.05) is 111 Å². The van der Waals surface area contributed by atoms with Gasteiger partial charge in [-0.1, -0.05) is 48.5 Å². The number of nitrogen functional groups attached to an aromatic ring is 2. The van der Waals surface area contributed by atoms with E-state index in [1.165, 1.54) is 50.1 Å². The van der Waals surface area contributed by atoms with E-state index in [4.69, 9.17) is 31.4 Å². The SMILES string of the molecule is CC(C)(C#N)c1ccc(-n2c(=O)[nH]c(=O)c3cnc4ccc(-c5ccc(CO)nc5)nc4c32)cc1.CC(C)(C#N)c1ccc(-n2c(=O)[nH]c(=O)c3cnc4ccc(-c5ccc(N)nc5)nc4c32)cc1.Cc1ccc(-c2ccc3ncc4c(=O)[nH]c(=O)n(-c5ccc(C(C)(C)C#N)cc5)c4c3n2)cn1.Cn1c(=O)c2cnc3ccc(-c4ccc(N)nc4)nc3c2n(-c2ccc(C(C)(C)C#N)cc2)c1=O. The summed E-state index contributed by atoms with van der Waals surface area (Å²) in [7, 11) is 1.43. The molecule has 0 spiro atoms. The zero-order chi connectivity index (χ0) is 97.7. The number of benzene rings is 4. The summed E-state index contributed by atoms with van der Waals surface area (Å²) in [5, 5.41) is 48.0. The fourth-order valence-corrected chi connectivity index (χ4v) is 15.6. The fourth-order valence-electron chi connectivity index (χ4n) is 15.6. The number of fused-ring (bicyclic) bond motifs is 12. The van der Waals surface area contributed by atoms with Gasteiger partial charge in [-0.3, -0.25) is 86.9 Å². The summed E-state index contributed by atoms with van der Waals surface area (Å²) in [6, 6.07) is 66.1. The molecule has 0 aliphatic rings. The van der Waals surface area contributed by atoms with Crippen molar-refractivity contribution in [3.8, 4) is 92.1 Å². The Morgan fingerprint density at radius 1 is 0.326 bits per heavy atom. The van der Waals surface area contributed by atoms with Gasteiger partial charge in [0.2, 0.25) is 0 Å².